The Balaban J connectivity index is 2.72. The third-order valence-electron chi connectivity index (χ3n) is 3.01. The molecule has 0 heterocycles. The summed E-state index contributed by atoms with van der Waals surface area (Å²) in [5, 5.41) is 9.38. The molecule has 0 aliphatic heterocycles. The van der Waals surface area contributed by atoms with Gasteiger partial charge in [-0.2, -0.15) is 0 Å². The minimum absolute atomic E-state index is 0.0147. The normalized spacial score (nSPS) is 10.8. The van der Waals surface area contributed by atoms with Crippen molar-refractivity contribution in [2.24, 2.45) is 0 Å². The molecule has 0 fully saturated rings. The van der Waals surface area contributed by atoms with Crippen LogP contribution in [0.4, 0.5) is 0 Å². The molecule has 0 aromatic heterocycles. The third-order valence-corrected chi connectivity index (χ3v) is 5.81. The first-order chi connectivity index (χ1) is 11.7. The summed E-state index contributed by atoms with van der Waals surface area (Å²) in [4.78, 5) is 0. The summed E-state index contributed by atoms with van der Waals surface area (Å²) >= 11 is 42.6. The van der Waals surface area contributed by atoms with Crippen LogP contribution < -0.4 is 14.2 Å². The number of rotatable bonds is 4. The Morgan fingerprint density at radius 1 is 0.520 bits per heavy atom. The molecule has 1 N–H and O–H groups in total. The smallest absolute Gasteiger partial charge is 0.193 e. The quantitative estimate of drug-likeness (QED) is 0.448. The van der Waals surface area contributed by atoms with E-state index in [4.69, 9.17) is 95.4 Å². The van der Waals surface area contributed by atoms with Crippen molar-refractivity contribution in [1.29, 1.82) is 0 Å². The van der Waals surface area contributed by atoms with Crippen LogP contribution in [0.5, 0.6) is 28.7 Å². The first kappa shape index (κ1) is 21.0. The lowest BCUT2D eigenvalue weighted by Gasteiger charge is -2.18. The molecule has 0 spiro atoms. The zero-order valence-electron chi connectivity index (χ0n) is 12.3. The van der Waals surface area contributed by atoms with Crippen LogP contribution in [-0.2, 0) is 0 Å². The number of hydrogen-bond donors (Lipinski definition) is 1. The Labute approximate surface area is 177 Å². The molecule has 0 amide bonds. The molecule has 2 rings (SSSR count). The van der Waals surface area contributed by atoms with Gasteiger partial charge in [-0.25, -0.2) is 0 Å². The average Bonchev–Trinajstić information content (AvgIpc) is 2.59. The standard InChI is InChI=1S/C14H7Cl7O4/c1-23-11-5(17)7(19)13(8(20)6(11)18)25-14-9(21)12(24-2)4(16)3(15)10(14)22/h22H,1-2H3. The highest BCUT2D eigenvalue weighted by atomic mass is 35.5. The molecule has 0 radical (unpaired) electrons. The summed E-state index contributed by atoms with van der Waals surface area (Å²) in [5.41, 5.74) is 0. The van der Waals surface area contributed by atoms with Gasteiger partial charge in [0.05, 0.1) is 14.2 Å². The lowest BCUT2D eigenvalue weighted by Crippen LogP contribution is -1.96. The Kier molecular flexibility index (Phi) is 6.83. The van der Waals surface area contributed by atoms with E-state index in [2.05, 4.69) is 0 Å². The molecule has 11 heteroatoms. The third kappa shape index (κ3) is 3.59. The molecule has 2 aromatic carbocycles. The van der Waals surface area contributed by atoms with Crippen LogP contribution in [0.2, 0.25) is 35.2 Å². The molecule has 0 saturated carbocycles. The van der Waals surface area contributed by atoms with E-state index in [1.807, 2.05) is 0 Å². The summed E-state index contributed by atoms with van der Waals surface area (Å²) in [7, 11) is 2.65. The zero-order chi connectivity index (χ0) is 19.0. The molecule has 0 aliphatic rings. The highest BCUT2D eigenvalue weighted by Gasteiger charge is 2.28. The number of phenolic OH excluding ortho intramolecular Hbond substituents is 1. The van der Waals surface area contributed by atoms with Gasteiger partial charge in [0.2, 0.25) is 0 Å². The number of hydrogen-bond acceptors (Lipinski definition) is 4. The maximum atomic E-state index is 10.2. The van der Waals surface area contributed by atoms with E-state index in [0.717, 1.165) is 0 Å². The number of aromatic hydroxyl groups is 1. The zero-order valence-corrected chi connectivity index (χ0v) is 17.6. The van der Waals surface area contributed by atoms with Crippen LogP contribution >= 0.6 is 81.2 Å². The van der Waals surface area contributed by atoms with Crippen molar-refractivity contribution in [1.82, 2.24) is 0 Å². The van der Waals surface area contributed by atoms with Gasteiger partial charge in [0.25, 0.3) is 0 Å². The minimum Gasteiger partial charge on any atom is -0.503 e. The maximum absolute atomic E-state index is 10.2. The monoisotopic (exact) mass is 484 g/mol. The molecule has 25 heavy (non-hydrogen) atoms. The van der Waals surface area contributed by atoms with Gasteiger partial charge in [-0.05, 0) is 0 Å². The second-order valence-electron chi connectivity index (χ2n) is 4.37. The van der Waals surface area contributed by atoms with E-state index in [-0.39, 0.29) is 58.2 Å². The first-order valence-electron chi connectivity index (χ1n) is 6.18. The average molecular weight is 487 g/mol. The van der Waals surface area contributed by atoms with E-state index in [1.54, 1.807) is 0 Å². The number of ether oxygens (including phenoxy) is 3. The highest BCUT2D eigenvalue weighted by Crippen LogP contribution is 2.56. The molecule has 2 aromatic rings. The second kappa shape index (κ2) is 8.13. The van der Waals surface area contributed by atoms with Crippen molar-refractivity contribution in [2.75, 3.05) is 14.2 Å². The number of phenols is 1. The van der Waals surface area contributed by atoms with Gasteiger partial charge in [0, 0.05) is 0 Å². The molecule has 0 unspecified atom stereocenters. The van der Waals surface area contributed by atoms with E-state index < -0.39 is 5.75 Å². The fraction of sp³-hybridized carbons (Fsp3) is 0.143. The molecule has 0 bridgehead atoms. The van der Waals surface area contributed by atoms with E-state index >= 15 is 0 Å². The molecular formula is C14H7Cl7O4. The van der Waals surface area contributed by atoms with Gasteiger partial charge < -0.3 is 19.3 Å². The molecule has 0 aliphatic carbocycles. The Hall–Kier alpha value is -0.330. The van der Waals surface area contributed by atoms with Crippen molar-refractivity contribution in [2.45, 2.75) is 0 Å². The van der Waals surface area contributed by atoms with Gasteiger partial charge in [0.15, 0.2) is 28.7 Å². The van der Waals surface area contributed by atoms with Crippen molar-refractivity contribution in [3.05, 3.63) is 35.2 Å². The van der Waals surface area contributed by atoms with Crippen molar-refractivity contribution < 1.29 is 19.3 Å². The van der Waals surface area contributed by atoms with Crippen molar-refractivity contribution in [3.8, 4) is 28.7 Å². The van der Waals surface area contributed by atoms with Crippen LogP contribution in [0.3, 0.4) is 0 Å². The van der Waals surface area contributed by atoms with Gasteiger partial charge in [-0.15, -0.1) is 0 Å². The molecule has 4 nitrogen and oxygen atoms in total. The second-order valence-corrected chi connectivity index (χ2v) is 7.02. The molecule has 0 saturated heterocycles. The molecule has 0 atom stereocenters. The van der Waals surface area contributed by atoms with Crippen molar-refractivity contribution in [3.63, 3.8) is 0 Å². The number of methoxy groups -OCH3 is 2. The van der Waals surface area contributed by atoms with Gasteiger partial charge in [0.1, 0.15) is 35.2 Å². The molecule has 136 valence electrons. The van der Waals surface area contributed by atoms with Crippen molar-refractivity contribution >= 4 is 81.2 Å². The summed E-state index contributed by atoms with van der Waals surface area (Å²) in [6, 6.07) is 0. The summed E-state index contributed by atoms with van der Waals surface area (Å²) in [5.74, 6) is -0.967. The largest absolute Gasteiger partial charge is 0.503 e. The predicted molar refractivity (Wildman–Crippen MR) is 103 cm³/mol. The number of halogens is 7. The van der Waals surface area contributed by atoms with Crippen LogP contribution in [-0.4, -0.2) is 19.3 Å². The summed E-state index contributed by atoms with van der Waals surface area (Å²) in [6.07, 6.45) is 0. The number of benzene rings is 2. The predicted octanol–water partition coefficient (Wildman–Crippen LogP) is 7.78. The van der Waals surface area contributed by atoms with E-state index in [0.29, 0.717) is 0 Å². The molecular weight excluding hydrogens is 480 g/mol. The fourth-order valence-electron chi connectivity index (χ4n) is 1.84. The van der Waals surface area contributed by atoms with Gasteiger partial charge >= 0.3 is 0 Å². The highest BCUT2D eigenvalue weighted by molar-refractivity contribution is 6.50. The van der Waals surface area contributed by atoms with Crippen LogP contribution in [0.15, 0.2) is 0 Å². The van der Waals surface area contributed by atoms with Crippen LogP contribution in [0.1, 0.15) is 0 Å². The first-order valence-corrected chi connectivity index (χ1v) is 8.83. The Morgan fingerprint density at radius 2 is 0.880 bits per heavy atom. The SMILES string of the molecule is COc1c(Cl)c(Cl)c(Oc2c(O)c(Cl)c(Cl)c(OC)c2Cl)c(Cl)c1Cl. The summed E-state index contributed by atoms with van der Waals surface area (Å²) in [6.45, 7) is 0. The lowest BCUT2D eigenvalue weighted by molar-refractivity contribution is 0.391. The topological polar surface area (TPSA) is 47.9 Å². The minimum atomic E-state index is -0.548. The fourth-order valence-corrected chi connectivity index (χ4v) is 3.67. The Morgan fingerprint density at radius 3 is 1.32 bits per heavy atom. The van der Waals surface area contributed by atoms with Gasteiger partial charge in [-0.1, -0.05) is 81.2 Å². The maximum Gasteiger partial charge on any atom is 0.193 e. The van der Waals surface area contributed by atoms with E-state index in [1.165, 1.54) is 14.2 Å². The summed E-state index contributed by atoms with van der Waals surface area (Å²) < 4.78 is 15.6. The van der Waals surface area contributed by atoms with Crippen LogP contribution in [0.25, 0.3) is 0 Å². The lowest BCUT2D eigenvalue weighted by atomic mass is 10.2. The van der Waals surface area contributed by atoms with E-state index in [9.17, 15) is 5.11 Å². The van der Waals surface area contributed by atoms with Gasteiger partial charge in [-0.3, -0.25) is 0 Å². The Bertz CT molecular complexity index is 825. The van der Waals surface area contributed by atoms with Crippen LogP contribution in [0, 0.1) is 0 Å².